The Morgan fingerprint density at radius 2 is 2.43 bits per heavy atom. The first-order valence-electron chi connectivity index (χ1n) is 2.88. The highest BCUT2D eigenvalue weighted by Crippen LogP contribution is 2.37. The zero-order valence-corrected chi connectivity index (χ0v) is 4.28. The van der Waals surface area contributed by atoms with Gasteiger partial charge in [-0.05, 0) is 36.8 Å². The molecule has 7 heavy (non-hydrogen) atoms. The Morgan fingerprint density at radius 1 is 1.57 bits per heavy atom. The average molecular weight is 92.1 g/mol. The van der Waals surface area contributed by atoms with Crippen LogP contribution in [0.5, 0.6) is 0 Å². The zero-order chi connectivity index (χ0) is 4.69. The van der Waals surface area contributed by atoms with Gasteiger partial charge in [0.15, 0.2) is 0 Å². The predicted octanol–water partition coefficient (Wildman–Crippen LogP) is 1.88. The van der Waals surface area contributed by atoms with Gasteiger partial charge in [-0.1, -0.05) is 0 Å². The summed E-state index contributed by atoms with van der Waals surface area (Å²) in [6.07, 6.45) is 6.18. The van der Waals surface area contributed by atoms with E-state index in [1.165, 1.54) is 19.3 Å². The molecule has 1 saturated carbocycles. The first-order chi connectivity index (χ1) is 3.45. The van der Waals surface area contributed by atoms with E-state index in [1.807, 2.05) is 0 Å². The minimum absolute atomic E-state index is 1.02. The summed E-state index contributed by atoms with van der Waals surface area (Å²) in [5.74, 6) is 1.02. The maximum Gasteiger partial charge on any atom is -0.0209 e. The van der Waals surface area contributed by atoms with Gasteiger partial charge in [0.25, 0.3) is 0 Å². The smallest absolute Gasteiger partial charge is 0.0209 e. The molecule has 0 aromatic rings. The van der Waals surface area contributed by atoms with E-state index in [1.54, 1.807) is 5.57 Å². The van der Waals surface area contributed by atoms with Gasteiger partial charge in [0.2, 0.25) is 0 Å². The van der Waals surface area contributed by atoms with E-state index >= 15 is 0 Å². The van der Waals surface area contributed by atoms with E-state index in [0.717, 1.165) is 5.92 Å². The zero-order valence-electron chi connectivity index (χ0n) is 4.28. The largest absolute Gasteiger partial charge is 0.126 e. The molecule has 0 unspecified atom stereocenters. The first kappa shape index (κ1) is 3.51. The molecule has 2 bridgehead atoms. The minimum atomic E-state index is 1.02. The van der Waals surface area contributed by atoms with Gasteiger partial charge in [-0.15, -0.1) is 5.73 Å². The molecular weight excluding hydrogens is 84.1 g/mol. The second kappa shape index (κ2) is 1.02. The summed E-state index contributed by atoms with van der Waals surface area (Å²) < 4.78 is 0. The normalized spacial score (nSPS) is 26.6. The van der Waals surface area contributed by atoms with E-state index in [9.17, 15) is 0 Å². The van der Waals surface area contributed by atoms with Crippen molar-refractivity contribution in [1.29, 1.82) is 0 Å². The van der Waals surface area contributed by atoms with E-state index in [-0.39, 0.29) is 0 Å². The monoisotopic (exact) mass is 92.1 g/mol. The van der Waals surface area contributed by atoms with Crippen LogP contribution in [-0.4, -0.2) is 0 Å². The lowest BCUT2D eigenvalue weighted by Crippen LogP contribution is -2.15. The van der Waals surface area contributed by atoms with Crippen molar-refractivity contribution >= 4 is 0 Å². The standard InChI is InChI=1S/C7H8/c1-2-6-4-7(3-1)5-6/h1,6H,2,4-5H2. The molecule has 0 aromatic heterocycles. The van der Waals surface area contributed by atoms with Crippen LogP contribution in [0.3, 0.4) is 0 Å². The van der Waals surface area contributed by atoms with Crippen LogP contribution < -0.4 is 0 Å². The predicted molar refractivity (Wildman–Crippen MR) is 28.9 cm³/mol. The molecule has 0 spiro atoms. The Hall–Kier alpha value is -0.480. The molecule has 0 aliphatic heterocycles. The second-order valence-corrected chi connectivity index (χ2v) is 2.46. The topological polar surface area (TPSA) is 0 Å². The molecule has 3 aliphatic carbocycles. The molecule has 0 nitrogen and oxygen atoms in total. The van der Waals surface area contributed by atoms with Crippen LogP contribution in [0.4, 0.5) is 0 Å². The number of hydrogen-bond acceptors (Lipinski definition) is 0. The third-order valence-corrected chi connectivity index (χ3v) is 1.83. The number of fused-ring (bicyclic) bond motifs is 1. The van der Waals surface area contributed by atoms with Crippen LogP contribution in [0.2, 0.25) is 0 Å². The molecule has 1 fully saturated rings. The summed E-state index contributed by atoms with van der Waals surface area (Å²) in [6.45, 7) is 0. The SMILES string of the molecule is C1=CCC2CC=1C2. The van der Waals surface area contributed by atoms with Crippen LogP contribution in [0, 0.1) is 5.92 Å². The van der Waals surface area contributed by atoms with Crippen LogP contribution in [0.15, 0.2) is 17.4 Å². The van der Waals surface area contributed by atoms with Gasteiger partial charge < -0.3 is 0 Å². The molecule has 0 saturated heterocycles. The van der Waals surface area contributed by atoms with Gasteiger partial charge in [0.05, 0.1) is 0 Å². The van der Waals surface area contributed by atoms with Gasteiger partial charge in [0, 0.05) is 0 Å². The fraction of sp³-hybridized carbons (Fsp3) is 0.571. The van der Waals surface area contributed by atoms with E-state index in [0.29, 0.717) is 0 Å². The van der Waals surface area contributed by atoms with E-state index < -0.39 is 0 Å². The van der Waals surface area contributed by atoms with Crippen molar-refractivity contribution in [3.05, 3.63) is 17.4 Å². The summed E-state index contributed by atoms with van der Waals surface area (Å²) in [4.78, 5) is 0. The maximum absolute atomic E-state index is 3.24. The lowest BCUT2D eigenvalue weighted by molar-refractivity contribution is 0.413. The highest BCUT2D eigenvalue weighted by molar-refractivity contribution is 5.17. The number of hydrogen-bond donors (Lipinski definition) is 0. The first-order valence-corrected chi connectivity index (χ1v) is 2.88. The van der Waals surface area contributed by atoms with Crippen LogP contribution >= 0.6 is 0 Å². The van der Waals surface area contributed by atoms with Crippen molar-refractivity contribution in [2.75, 3.05) is 0 Å². The molecule has 0 heterocycles. The lowest BCUT2D eigenvalue weighted by atomic mass is 9.76. The molecule has 36 valence electrons. The van der Waals surface area contributed by atoms with Gasteiger partial charge in [-0.25, -0.2) is 0 Å². The highest BCUT2D eigenvalue weighted by Gasteiger charge is 2.23. The Balaban J connectivity index is 2.44. The van der Waals surface area contributed by atoms with Crippen molar-refractivity contribution in [2.45, 2.75) is 19.3 Å². The van der Waals surface area contributed by atoms with Gasteiger partial charge in [0.1, 0.15) is 0 Å². The van der Waals surface area contributed by atoms with Gasteiger partial charge in [-0.3, -0.25) is 0 Å². The number of rotatable bonds is 0. The Labute approximate surface area is 43.5 Å². The van der Waals surface area contributed by atoms with Crippen molar-refractivity contribution in [1.82, 2.24) is 0 Å². The summed E-state index contributed by atoms with van der Waals surface area (Å²) in [6, 6.07) is 0. The third kappa shape index (κ3) is 0.374. The molecule has 3 aliphatic rings. The Kier molecular flexibility index (Phi) is 0.511. The Morgan fingerprint density at radius 3 is 2.57 bits per heavy atom. The molecular formula is C7H8. The lowest BCUT2D eigenvalue weighted by Gasteiger charge is -2.29. The third-order valence-electron chi connectivity index (χ3n) is 1.83. The van der Waals surface area contributed by atoms with Crippen molar-refractivity contribution < 1.29 is 0 Å². The van der Waals surface area contributed by atoms with Crippen molar-refractivity contribution in [2.24, 2.45) is 5.92 Å². The molecule has 0 aromatic carbocycles. The van der Waals surface area contributed by atoms with E-state index in [4.69, 9.17) is 0 Å². The molecule has 0 amide bonds. The number of allylic oxidation sites excluding steroid dienone is 1. The highest BCUT2D eigenvalue weighted by atomic mass is 14.3. The summed E-state index contributed by atoms with van der Waals surface area (Å²) in [7, 11) is 0. The second-order valence-electron chi connectivity index (χ2n) is 2.46. The summed E-state index contributed by atoms with van der Waals surface area (Å²) >= 11 is 0. The Bertz CT molecular complexity index is 137. The van der Waals surface area contributed by atoms with Crippen LogP contribution in [-0.2, 0) is 0 Å². The molecule has 0 heteroatoms. The average Bonchev–Trinajstić information content (AvgIpc) is 1.67. The summed E-state index contributed by atoms with van der Waals surface area (Å²) in [5.41, 5.74) is 4.79. The van der Waals surface area contributed by atoms with Crippen LogP contribution in [0.25, 0.3) is 0 Å². The van der Waals surface area contributed by atoms with Gasteiger partial charge >= 0.3 is 0 Å². The quantitative estimate of drug-likeness (QED) is 0.400. The van der Waals surface area contributed by atoms with Crippen molar-refractivity contribution in [3.63, 3.8) is 0 Å². The molecule has 0 atom stereocenters. The van der Waals surface area contributed by atoms with E-state index in [2.05, 4.69) is 11.8 Å². The molecule has 3 rings (SSSR count). The fourth-order valence-corrected chi connectivity index (χ4v) is 1.29. The maximum atomic E-state index is 3.24. The van der Waals surface area contributed by atoms with Crippen molar-refractivity contribution in [3.8, 4) is 0 Å². The minimum Gasteiger partial charge on any atom is -0.126 e. The fourth-order valence-electron chi connectivity index (χ4n) is 1.29. The molecule has 0 N–H and O–H groups in total. The summed E-state index contributed by atoms with van der Waals surface area (Å²) in [5, 5.41) is 0. The van der Waals surface area contributed by atoms with Gasteiger partial charge in [-0.2, -0.15) is 0 Å². The van der Waals surface area contributed by atoms with Crippen LogP contribution in [0.1, 0.15) is 19.3 Å². The molecule has 0 radical (unpaired) electrons.